The van der Waals surface area contributed by atoms with E-state index < -0.39 is 10.0 Å². The second-order valence-electron chi connectivity index (χ2n) is 4.28. The van der Waals surface area contributed by atoms with Gasteiger partial charge in [-0.2, -0.15) is 0 Å². The van der Waals surface area contributed by atoms with Gasteiger partial charge in [0.2, 0.25) is 0 Å². The Bertz CT molecular complexity index is 680. The average Bonchev–Trinajstić information content (AvgIpc) is 2.84. The molecule has 0 fully saturated rings. The summed E-state index contributed by atoms with van der Waals surface area (Å²) in [4.78, 5) is 3.97. The minimum Gasteiger partial charge on any atom is -0.313 e. The smallest absolute Gasteiger partial charge is 0.273 e. The molecule has 0 aliphatic carbocycles. The summed E-state index contributed by atoms with van der Waals surface area (Å²) < 4.78 is 27.2. The number of thiazole rings is 1. The van der Waals surface area contributed by atoms with E-state index in [0.717, 1.165) is 28.5 Å². The summed E-state index contributed by atoms with van der Waals surface area (Å²) in [5.74, 6) is 0. The zero-order valence-electron chi connectivity index (χ0n) is 11.4. The van der Waals surface area contributed by atoms with E-state index in [0.29, 0.717) is 12.2 Å². The lowest BCUT2D eigenvalue weighted by molar-refractivity contribution is 0.603. The maximum atomic E-state index is 12.2. The van der Waals surface area contributed by atoms with Crippen molar-refractivity contribution in [3.63, 3.8) is 0 Å². The molecule has 2 N–H and O–H groups in total. The van der Waals surface area contributed by atoms with Gasteiger partial charge in [0, 0.05) is 12.2 Å². The number of nitrogens with one attached hydrogen (secondary N) is 2. The molecule has 7 heteroatoms. The van der Waals surface area contributed by atoms with Crippen molar-refractivity contribution in [2.24, 2.45) is 0 Å². The van der Waals surface area contributed by atoms with Gasteiger partial charge < -0.3 is 5.32 Å². The molecule has 0 radical (unpaired) electrons. The second-order valence-corrected chi connectivity index (χ2v) is 7.43. The molecule has 2 aromatic rings. The number of sulfonamides is 1. The molecule has 1 heterocycles. The predicted octanol–water partition coefficient (Wildman–Crippen LogP) is 2.36. The molecule has 0 atom stereocenters. The summed E-state index contributed by atoms with van der Waals surface area (Å²) in [7, 11) is -3.54. The highest BCUT2D eigenvalue weighted by molar-refractivity contribution is 7.94. The summed E-state index contributed by atoms with van der Waals surface area (Å²) in [6, 6.07) is 7.36. The van der Waals surface area contributed by atoms with Crippen LogP contribution >= 0.6 is 11.3 Å². The Balaban J connectivity index is 2.17. The van der Waals surface area contributed by atoms with E-state index in [1.165, 1.54) is 6.20 Å². The van der Waals surface area contributed by atoms with Crippen molar-refractivity contribution in [2.45, 2.75) is 24.6 Å². The predicted molar refractivity (Wildman–Crippen MR) is 81.5 cm³/mol. The first kappa shape index (κ1) is 15.0. The third kappa shape index (κ3) is 3.78. The topological polar surface area (TPSA) is 71.1 Å². The van der Waals surface area contributed by atoms with Gasteiger partial charge in [0.15, 0.2) is 4.21 Å². The van der Waals surface area contributed by atoms with Gasteiger partial charge in [0.25, 0.3) is 10.0 Å². The zero-order valence-corrected chi connectivity index (χ0v) is 13.0. The number of rotatable bonds is 6. The molecule has 0 aliphatic rings. The molecule has 0 saturated heterocycles. The maximum absolute atomic E-state index is 12.2. The molecule has 20 heavy (non-hydrogen) atoms. The van der Waals surface area contributed by atoms with Gasteiger partial charge >= 0.3 is 0 Å². The van der Waals surface area contributed by atoms with Crippen LogP contribution in [0.5, 0.6) is 0 Å². The Morgan fingerprint density at radius 1 is 1.35 bits per heavy atom. The second kappa shape index (κ2) is 6.34. The van der Waals surface area contributed by atoms with Crippen molar-refractivity contribution in [2.75, 3.05) is 11.3 Å². The summed E-state index contributed by atoms with van der Waals surface area (Å²) in [6.45, 7) is 5.39. The third-order valence-electron chi connectivity index (χ3n) is 2.62. The molecule has 0 amide bonds. The van der Waals surface area contributed by atoms with Gasteiger partial charge in [-0.15, -0.1) is 11.3 Å². The fourth-order valence-corrected chi connectivity index (χ4v) is 3.84. The van der Waals surface area contributed by atoms with Crippen LogP contribution in [0, 0.1) is 6.92 Å². The van der Waals surface area contributed by atoms with Crippen LogP contribution in [0.25, 0.3) is 0 Å². The first-order chi connectivity index (χ1) is 9.51. The summed E-state index contributed by atoms with van der Waals surface area (Å²) in [5.41, 5.74) is 1.60. The maximum Gasteiger partial charge on any atom is 0.273 e. The minimum atomic E-state index is -3.54. The van der Waals surface area contributed by atoms with E-state index in [4.69, 9.17) is 0 Å². The fourth-order valence-electron chi connectivity index (χ4n) is 1.69. The molecular weight excluding hydrogens is 294 g/mol. The number of hydrogen-bond acceptors (Lipinski definition) is 5. The van der Waals surface area contributed by atoms with Crippen LogP contribution in [0.4, 0.5) is 5.69 Å². The molecule has 108 valence electrons. The molecule has 1 aromatic heterocycles. The van der Waals surface area contributed by atoms with E-state index in [9.17, 15) is 8.42 Å². The number of anilines is 1. The number of aryl methyl sites for hydroxylation is 1. The van der Waals surface area contributed by atoms with E-state index in [1.54, 1.807) is 13.0 Å². The number of aromatic nitrogens is 1. The molecule has 2 rings (SSSR count). The largest absolute Gasteiger partial charge is 0.313 e. The van der Waals surface area contributed by atoms with Crippen molar-refractivity contribution >= 4 is 27.0 Å². The molecule has 0 unspecified atom stereocenters. The van der Waals surface area contributed by atoms with Crippen LogP contribution in [0.1, 0.15) is 17.5 Å². The van der Waals surface area contributed by atoms with E-state index in [1.807, 2.05) is 25.1 Å². The molecule has 5 nitrogen and oxygen atoms in total. The van der Waals surface area contributed by atoms with Crippen molar-refractivity contribution in [3.05, 3.63) is 41.0 Å². The van der Waals surface area contributed by atoms with Crippen molar-refractivity contribution in [1.82, 2.24) is 10.3 Å². The fraction of sp³-hybridized carbons (Fsp3) is 0.308. The monoisotopic (exact) mass is 311 g/mol. The van der Waals surface area contributed by atoms with E-state index in [2.05, 4.69) is 15.0 Å². The van der Waals surface area contributed by atoms with Crippen LogP contribution < -0.4 is 10.0 Å². The van der Waals surface area contributed by atoms with Gasteiger partial charge in [-0.1, -0.05) is 19.1 Å². The zero-order chi connectivity index (χ0) is 14.6. The van der Waals surface area contributed by atoms with Gasteiger partial charge in [-0.25, -0.2) is 13.4 Å². The number of nitrogens with zero attached hydrogens (tertiary/aromatic N) is 1. The quantitative estimate of drug-likeness (QED) is 0.859. The third-order valence-corrected chi connectivity index (χ3v) is 5.38. The Kier molecular flexibility index (Phi) is 4.74. The van der Waals surface area contributed by atoms with Crippen LogP contribution in [-0.2, 0) is 16.6 Å². The van der Waals surface area contributed by atoms with E-state index in [-0.39, 0.29) is 4.21 Å². The first-order valence-corrected chi connectivity index (χ1v) is 8.56. The molecule has 0 spiro atoms. The van der Waals surface area contributed by atoms with Crippen LogP contribution in [-0.4, -0.2) is 19.9 Å². The summed E-state index contributed by atoms with van der Waals surface area (Å²) >= 11 is 1.16. The summed E-state index contributed by atoms with van der Waals surface area (Å²) in [6.07, 6.45) is 1.38. The van der Waals surface area contributed by atoms with E-state index >= 15 is 0 Å². The molecule has 0 saturated carbocycles. The normalized spacial score (nSPS) is 11.5. The molecule has 1 aromatic carbocycles. The standard InChI is InChI=1S/C13H17N3O2S2/c1-3-14-8-11-5-4-6-12(7-11)16-20(17,18)13-9-15-10(2)19-13/h4-7,9,14,16H,3,8H2,1-2H3. The molecule has 0 bridgehead atoms. The van der Waals surface area contributed by atoms with Gasteiger partial charge in [0.05, 0.1) is 11.2 Å². The van der Waals surface area contributed by atoms with Crippen molar-refractivity contribution in [3.8, 4) is 0 Å². The van der Waals surface area contributed by atoms with Crippen LogP contribution in [0.15, 0.2) is 34.7 Å². The van der Waals surface area contributed by atoms with Crippen LogP contribution in [0.3, 0.4) is 0 Å². The number of hydrogen-bond donors (Lipinski definition) is 2. The Hall–Kier alpha value is -1.44. The lowest BCUT2D eigenvalue weighted by Crippen LogP contribution is -2.13. The minimum absolute atomic E-state index is 0.229. The lowest BCUT2D eigenvalue weighted by atomic mass is 10.2. The SMILES string of the molecule is CCNCc1cccc(NS(=O)(=O)c2cnc(C)s2)c1. The molecular formula is C13H17N3O2S2. The Morgan fingerprint density at radius 2 is 2.15 bits per heavy atom. The van der Waals surface area contributed by atoms with Crippen molar-refractivity contribution in [1.29, 1.82) is 0 Å². The van der Waals surface area contributed by atoms with Gasteiger partial charge in [0.1, 0.15) is 0 Å². The highest BCUT2D eigenvalue weighted by atomic mass is 32.2. The molecule has 0 aliphatic heterocycles. The Morgan fingerprint density at radius 3 is 2.80 bits per heavy atom. The average molecular weight is 311 g/mol. The van der Waals surface area contributed by atoms with Crippen molar-refractivity contribution < 1.29 is 8.42 Å². The highest BCUT2D eigenvalue weighted by Gasteiger charge is 2.17. The van der Waals surface area contributed by atoms with Crippen LogP contribution in [0.2, 0.25) is 0 Å². The number of benzene rings is 1. The Labute approximate surface area is 123 Å². The lowest BCUT2D eigenvalue weighted by Gasteiger charge is -2.08. The highest BCUT2D eigenvalue weighted by Crippen LogP contribution is 2.21. The van der Waals surface area contributed by atoms with Gasteiger partial charge in [-0.3, -0.25) is 4.72 Å². The first-order valence-electron chi connectivity index (χ1n) is 6.26. The summed E-state index contributed by atoms with van der Waals surface area (Å²) in [5, 5.41) is 3.93. The van der Waals surface area contributed by atoms with Gasteiger partial charge in [-0.05, 0) is 31.2 Å².